The molecule has 0 aliphatic carbocycles. The third kappa shape index (κ3) is 2.25. The van der Waals surface area contributed by atoms with Gasteiger partial charge in [-0.1, -0.05) is 0 Å². The Morgan fingerprint density at radius 1 is 1.32 bits per heavy atom. The topological polar surface area (TPSA) is 87.5 Å². The summed E-state index contributed by atoms with van der Waals surface area (Å²) < 4.78 is 1.79. The van der Waals surface area contributed by atoms with E-state index in [0.29, 0.717) is 5.69 Å². The summed E-state index contributed by atoms with van der Waals surface area (Å²) in [5.74, 6) is -0.854. The highest BCUT2D eigenvalue weighted by Gasteiger charge is 2.30. The maximum absolute atomic E-state index is 12.1. The predicted octanol–water partition coefficient (Wildman–Crippen LogP) is 0.539. The fourth-order valence-corrected chi connectivity index (χ4v) is 2.47. The largest absolute Gasteiger partial charge is 0.395 e. The number of carbonyl (C=O) groups is 2. The van der Waals surface area contributed by atoms with Crippen molar-refractivity contribution in [3.63, 3.8) is 0 Å². The molecule has 1 aliphatic heterocycles. The summed E-state index contributed by atoms with van der Waals surface area (Å²) in [5.41, 5.74) is 2.76. The van der Waals surface area contributed by atoms with Crippen LogP contribution in [-0.2, 0) is 16.6 Å². The Kier molecular flexibility index (Phi) is 3.42. The molecule has 0 unspecified atom stereocenters. The predicted molar refractivity (Wildman–Crippen MR) is 81.0 cm³/mol. The number of aryl methyl sites for hydroxylation is 2. The van der Waals surface area contributed by atoms with E-state index in [2.05, 4.69) is 10.4 Å². The van der Waals surface area contributed by atoms with Crippen LogP contribution in [0.1, 0.15) is 5.69 Å². The number of anilines is 1. The van der Waals surface area contributed by atoms with E-state index in [4.69, 9.17) is 5.11 Å². The minimum atomic E-state index is -0.434. The number of imide groups is 1. The number of nitrogens with zero attached hydrogens (tertiary/aromatic N) is 3. The lowest BCUT2D eigenvalue weighted by molar-refractivity contribution is -0.137. The molecule has 0 atom stereocenters. The fourth-order valence-electron chi connectivity index (χ4n) is 2.47. The van der Waals surface area contributed by atoms with Crippen LogP contribution in [0, 0.1) is 6.92 Å². The lowest BCUT2D eigenvalue weighted by Crippen LogP contribution is -2.34. The molecule has 7 heteroatoms. The van der Waals surface area contributed by atoms with Crippen molar-refractivity contribution < 1.29 is 14.7 Å². The monoisotopic (exact) mass is 300 g/mol. The zero-order valence-electron chi connectivity index (χ0n) is 12.3. The maximum atomic E-state index is 12.1. The molecule has 7 nitrogen and oxygen atoms in total. The molecule has 0 spiro atoms. The van der Waals surface area contributed by atoms with Gasteiger partial charge in [-0.15, -0.1) is 0 Å². The fraction of sp³-hybridized carbons (Fsp3) is 0.267. The van der Waals surface area contributed by atoms with Gasteiger partial charge >= 0.3 is 0 Å². The molecule has 114 valence electrons. The molecule has 0 radical (unpaired) electrons. The number of aliphatic hydroxyl groups is 1. The highest BCUT2D eigenvalue weighted by Crippen LogP contribution is 2.23. The summed E-state index contributed by atoms with van der Waals surface area (Å²) in [6.07, 6.45) is 1.24. The van der Waals surface area contributed by atoms with Gasteiger partial charge in [-0.25, -0.2) is 0 Å². The van der Waals surface area contributed by atoms with E-state index < -0.39 is 11.8 Å². The van der Waals surface area contributed by atoms with Crippen molar-refractivity contribution in [3.05, 3.63) is 35.7 Å². The smallest absolute Gasteiger partial charge is 0.277 e. The van der Waals surface area contributed by atoms with Gasteiger partial charge in [0, 0.05) is 29.9 Å². The first-order valence-electron chi connectivity index (χ1n) is 6.90. The van der Waals surface area contributed by atoms with Crippen LogP contribution in [0.5, 0.6) is 0 Å². The van der Waals surface area contributed by atoms with Crippen molar-refractivity contribution in [2.45, 2.75) is 6.92 Å². The molecule has 2 heterocycles. The molecule has 2 amide bonds. The number of aliphatic hydroxyl groups excluding tert-OH is 1. The second-order valence-corrected chi connectivity index (χ2v) is 5.14. The molecule has 0 fully saturated rings. The number of hydrogen-bond donors (Lipinski definition) is 2. The van der Waals surface area contributed by atoms with Crippen molar-refractivity contribution in [2.75, 3.05) is 18.5 Å². The summed E-state index contributed by atoms with van der Waals surface area (Å²) in [5, 5.41) is 17.3. The second kappa shape index (κ2) is 5.27. The van der Waals surface area contributed by atoms with E-state index in [0.717, 1.165) is 21.5 Å². The van der Waals surface area contributed by atoms with Gasteiger partial charge in [0.15, 0.2) is 0 Å². The first-order chi connectivity index (χ1) is 10.5. The van der Waals surface area contributed by atoms with Gasteiger partial charge in [0.1, 0.15) is 5.70 Å². The van der Waals surface area contributed by atoms with Crippen LogP contribution in [0.4, 0.5) is 5.69 Å². The normalized spacial score (nSPS) is 14.9. The average Bonchev–Trinajstić information content (AvgIpc) is 2.91. The van der Waals surface area contributed by atoms with E-state index in [1.807, 2.05) is 32.2 Å². The lowest BCUT2D eigenvalue weighted by atomic mass is 10.2. The first-order valence-corrected chi connectivity index (χ1v) is 6.90. The Labute approximate surface area is 126 Å². The van der Waals surface area contributed by atoms with E-state index in [9.17, 15) is 9.59 Å². The molecule has 0 bridgehead atoms. The van der Waals surface area contributed by atoms with E-state index in [1.54, 1.807) is 4.68 Å². The molecule has 1 aromatic heterocycles. The van der Waals surface area contributed by atoms with Gasteiger partial charge < -0.3 is 10.4 Å². The molecule has 2 aromatic rings. The van der Waals surface area contributed by atoms with Gasteiger partial charge in [-0.3, -0.25) is 19.2 Å². The van der Waals surface area contributed by atoms with Crippen molar-refractivity contribution in [1.82, 2.24) is 14.7 Å². The number of fused-ring (bicyclic) bond motifs is 1. The summed E-state index contributed by atoms with van der Waals surface area (Å²) in [4.78, 5) is 24.8. The Hall–Kier alpha value is -2.67. The molecule has 3 rings (SSSR count). The van der Waals surface area contributed by atoms with Crippen molar-refractivity contribution in [2.24, 2.45) is 7.05 Å². The summed E-state index contributed by atoms with van der Waals surface area (Å²) in [6, 6.07) is 5.59. The Bertz CT molecular complexity index is 806. The summed E-state index contributed by atoms with van der Waals surface area (Å²) in [6.45, 7) is 1.73. The van der Waals surface area contributed by atoms with E-state index >= 15 is 0 Å². The van der Waals surface area contributed by atoms with E-state index in [1.165, 1.54) is 6.08 Å². The Morgan fingerprint density at radius 2 is 2.09 bits per heavy atom. The van der Waals surface area contributed by atoms with Crippen molar-refractivity contribution in [1.29, 1.82) is 0 Å². The maximum Gasteiger partial charge on any atom is 0.277 e. The van der Waals surface area contributed by atoms with Crippen LogP contribution in [0.15, 0.2) is 30.0 Å². The molecular weight excluding hydrogens is 284 g/mol. The quantitative estimate of drug-likeness (QED) is 0.805. The zero-order chi connectivity index (χ0) is 15.9. The number of amides is 2. The summed E-state index contributed by atoms with van der Waals surface area (Å²) >= 11 is 0. The highest BCUT2D eigenvalue weighted by molar-refractivity contribution is 6.17. The minimum absolute atomic E-state index is 0.00217. The summed E-state index contributed by atoms with van der Waals surface area (Å²) in [7, 11) is 1.87. The van der Waals surface area contributed by atoms with Gasteiger partial charge in [0.2, 0.25) is 0 Å². The zero-order valence-corrected chi connectivity index (χ0v) is 12.3. The SMILES string of the molecule is Cc1c2ccc(NC3=CC(=O)N(CCO)C3=O)cc2nn1C. The van der Waals surface area contributed by atoms with Crippen LogP contribution in [-0.4, -0.2) is 44.8 Å². The molecule has 0 saturated heterocycles. The van der Waals surface area contributed by atoms with Crippen molar-refractivity contribution >= 4 is 28.4 Å². The number of rotatable bonds is 4. The van der Waals surface area contributed by atoms with Crippen LogP contribution >= 0.6 is 0 Å². The Balaban J connectivity index is 1.86. The third-order valence-corrected chi connectivity index (χ3v) is 3.74. The molecular formula is C15H16N4O3. The van der Waals surface area contributed by atoms with Crippen LogP contribution in [0.2, 0.25) is 0 Å². The van der Waals surface area contributed by atoms with Gasteiger partial charge in [-0.05, 0) is 25.1 Å². The molecule has 1 aliphatic rings. The number of hydrogen-bond acceptors (Lipinski definition) is 5. The van der Waals surface area contributed by atoms with Crippen LogP contribution in [0.25, 0.3) is 10.9 Å². The lowest BCUT2D eigenvalue weighted by Gasteiger charge is -2.13. The molecule has 1 aromatic carbocycles. The molecule has 2 N–H and O–H groups in total. The van der Waals surface area contributed by atoms with Gasteiger partial charge in [0.05, 0.1) is 18.7 Å². The average molecular weight is 300 g/mol. The van der Waals surface area contributed by atoms with Crippen molar-refractivity contribution in [3.8, 4) is 0 Å². The minimum Gasteiger partial charge on any atom is -0.395 e. The van der Waals surface area contributed by atoms with E-state index in [-0.39, 0.29) is 18.8 Å². The molecule has 22 heavy (non-hydrogen) atoms. The van der Waals surface area contributed by atoms with Crippen LogP contribution in [0.3, 0.4) is 0 Å². The number of carbonyl (C=O) groups excluding carboxylic acids is 2. The standard InChI is InChI=1S/C15H16N4O3/c1-9-11-4-3-10(7-12(11)17-18(9)2)16-13-8-14(21)19(5-6-20)15(13)22/h3-4,7-8,16,20H,5-6H2,1-2H3. The van der Waals surface area contributed by atoms with Crippen LogP contribution < -0.4 is 5.32 Å². The number of benzene rings is 1. The third-order valence-electron chi connectivity index (χ3n) is 3.74. The van der Waals surface area contributed by atoms with Gasteiger partial charge in [-0.2, -0.15) is 5.10 Å². The van der Waals surface area contributed by atoms with Gasteiger partial charge in [0.25, 0.3) is 11.8 Å². The number of β-amino-alcohol motifs (C(OH)–C–C–N with tert-alkyl or cyclic N) is 1. The Morgan fingerprint density at radius 3 is 2.82 bits per heavy atom. The first kappa shape index (κ1) is 14.3. The number of aromatic nitrogens is 2. The molecule has 0 saturated carbocycles. The number of nitrogens with one attached hydrogen (secondary N) is 1. The highest BCUT2D eigenvalue weighted by atomic mass is 16.3. The second-order valence-electron chi connectivity index (χ2n) is 5.14.